The Morgan fingerprint density at radius 3 is 0.736 bits per heavy atom. The van der Waals surface area contributed by atoms with E-state index in [1.54, 1.807) is 98.6 Å². The zero-order valence-electron chi connectivity index (χ0n) is 64.4. The van der Waals surface area contributed by atoms with Gasteiger partial charge in [-0.15, -0.1) is 0 Å². The van der Waals surface area contributed by atoms with Crippen LogP contribution in [-0.4, -0.2) is 90.1 Å². The van der Waals surface area contributed by atoms with Crippen LogP contribution in [0.1, 0.15) is 52.6 Å². The Morgan fingerprint density at radius 1 is 0.215 bits per heavy atom. The summed E-state index contributed by atoms with van der Waals surface area (Å²) in [5.41, 5.74) is 20.2. The number of amides is 4. The maximum atomic E-state index is 14.9. The van der Waals surface area contributed by atoms with Crippen molar-refractivity contribution in [1.29, 1.82) is 0 Å². The second-order valence-electron chi connectivity index (χ2n) is 27.9. The first kappa shape index (κ1) is 79.6. The number of imide groups is 2. The van der Waals surface area contributed by atoms with E-state index in [9.17, 15) is 19.2 Å². The molecule has 0 fully saturated rings. The second kappa shape index (κ2) is 36.5. The predicted octanol–water partition coefficient (Wildman–Crippen LogP) is 19.7. The number of pyridine rings is 12. The number of carbonyl (C=O) groups excluding carboxylic acids is 4. The molecule has 580 valence electrons. The average Bonchev–Trinajstić information content (AvgIpc) is 0.701. The summed E-state index contributed by atoms with van der Waals surface area (Å²) in [6.45, 7) is 1.45. The van der Waals surface area contributed by atoms with Gasteiger partial charge >= 0.3 is 39.0 Å². The Bertz CT molecular complexity index is 6050. The predicted molar refractivity (Wildman–Crippen MR) is 463 cm³/mol. The van der Waals surface area contributed by atoms with E-state index in [0.717, 1.165) is 112 Å². The van der Waals surface area contributed by atoms with Gasteiger partial charge in [0.25, 0.3) is 23.6 Å². The summed E-state index contributed by atoms with van der Waals surface area (Å²) in [5.74, 6) is -1.58. The molecule has 22 heteroatoms. The number of aromatic nitrogens is 12. The van der Waals surface area contributed by atoms with Gasteiger partial charge in [0.2, 0.25) is 0 Å². The van der Waals surface area contributed by atoms with Crippen molar-refractivity contribution in [3.63, 3.8) is 0 Å². The van der Waals surface area contributed by atoms with Crippen molar-refractivity contribution in [1.82, 2.24) is 59.8 Å². The minimum absolute atomic E-state index is 0. The second-order valence-corrected chi connectivity index (χ2v) is 27.9. The molecule has 0 N–H and O–H groups in total. The number of anilines is 4. The molecule has 12 aromatic heterocycles. The summed E-state index contributed by atoms with van der Waals surface area (Å²) in [6, 6.07) is 95.6. The van der Waals surface area contributed by atoms with E-state index in [2.05, 4.69) is 69.6 Å². The fourth-order valence-electron chi connectivity index (χ4n) is 15.2. The Morgan fingerprint density at radius 2 is 0.463 bits per heavy atom. The number of carbonyl (C=O) groups is 4. The first-order valence-corrected chi connectivity index (χ1v) is 38.4. The van der Waals surface area contributed by atoms with E-state index >= 15 is 0 Å². The van der Waals surface area contributed by atoms with Crippen molar-refractivity contribution in [2.75, 3.05) is 26.3 Å². The van der Waals surface area contributed by atoms with Crippen LogP contribution in [0.3, 0.4) is 0 Å². The first-order valence-electron chi connectivity index (χ1n) is 38.4. The van der Waals surface area contributed by atoms with Gasteiger partial charge < -0.3 is 9.80 Å². The third-order valence-electron chi connectivity index (χ3n) is 20.5. The van der Waals surface area contributed by atoms with Gasteiger partial charge in [-0.2, -0.15) is 0 Å². The summed E-state index contributed by atoms with van der Waals surface area (Å²) in [6.07, 6.45) is 21.1. The molecule has 0 spiro atoms. The number of fused-ring (bicyclic) bond motifs is 8. The molecule has 6 aromatic carbocycles. The van der Waals surface area contributed by atoms with E-state index < -0.39 is 23.6 Å². The van der Waals surface area contributed by atoms with Crippen LogP contribution in [0.4, 0.5) is 22.7 Å². The third kappa shape index (κ3) is 16.8. The van der Waals surface area contributed by atoms with Crippen molar-refractivity contribution >= 4 is 67.9 Å². The molecule has 0 saturated carbocycles. The SMILES string of the molecule is O=C1c2cccc3c4c(cc(c23)C(=O)N1c1cccc(-c2ccnc(-c3ccccn3)c2)c1)CN1CN4Cc2cc3c4c(cccc4c21)C(=O)N(c1cccc(-c2ccnc(-c4ccccn4)c2)c1)C3=O.[Ru+2].[Ru+2].c1ccc(-c2ccccn2)nc1.c1ccc(-c2ccccn2)nc1.c1ccc(-c2ccccn2)nc1.c1ccc(-c2ccccn2)nc1. The van der Waals surface area contributed by atoms with Crippen LogP contribution in [0, 0.1) is 0 Å². The van der Waals surface area contributed by atoms with Gasteiger partial charge in [-0.1, -0.05) is 109 Å². The van der Waals surface area contributed by atoms with Gasteiger partial charge in [-0.3, -0.25) is 79.0 Å². The van der Waals surface area contributed by atoms with E-state index in [1.807, 2.05) is 279 Å². The third-order valence-corrected chi connectivity index (χ3v) is 20.5. The monoisotopic (exact) mass is 1750 g/mol. The normalized spacial score (nSPS) is 12.4. The fourth-order valence-corrected chi connectivity index (χ4v) is 15.2. The molecule has 0 radical (unpaired) electrons. The van der Waals surface area contributed by atoms with E-state index in [-0.39, 0.29) is 39.0 Å². The minimum atomic E-state index is -0.396. The Balaban J connectivity index is 0.000000173. The van der Waals surface area contributed by atoms with Crippen LogP contribution in [0.2, 0.25) is 0 Å². The van der Waals surface area contributed by atoms with Crippen molar-refractivity contribution in [2.24, 2.45) is 0 Å². The summed E-state index contributed by atoms with van der Waals surface area (Å²) in [5, 5.41) is 2.91. The topological polar surface area (TPSA) is 236 Å². The first-order chi connectivity index (χ1) is 58.7. The molecule has 4 amide bonds. The van der Waals surface area contributed by atoms with Gasteiger partial charge in [0.05, 0.1) is 97.7 Å². The molecule has 20 nitrogen and oxygen atoms in total. The van der Waals surface area contributed by atoms with Crippen LogP contribution >= 0.6 is 0 Å². The smallest absolute Gasteiger partial charge is 0.349 e. The maximum absolute atomic E-state index is 14.9. The quantitative estimate of drug-likeness (QED) is 0.0914. The summed E-state index contributed by atoms with van der Waals surface area (Å²) < 4.78 is 0. The van der Waals surface area contributed by atoms with Crippen LogP contribution in [0.5, 0.6) is 0 Å². The zero-order chi connectivity index (χ0) is 80.4. The molecule has 4 aliphatic rings. The number of nitrogens with zero attached hydrogens (tertiary/aromatic N) is 16. The van der Waals surface area contributed by atoms with Crippen molar-refractivity contribution in [3.05, 3.63) is 411 Å². The molecule has 0 aliphatic carbocycles. The molecule has 0 saturated heterocycles. The molecule has 0 unspecified atom stereocenters. The van der Waals surface area contributed by atoms with Crippen molar-refractivity contribution in [2.45, 2.75) is 13.1 Å². The average molecular weight is 1750 g/mol. The molecular formula is C99H68N16O4Ru2+4. The number of hydrogen-bond donors (Lipinski definition) is 0. The molecule has 2 bridgehead atoms. The van der Waals surface area contributed by atoms with E-state index in [1.165, 1.54) is 9.80 Å². The van der Waals surface area contributed by atoms with Crippen LogP contribution in [-0.2, 0) is 52.0 Å². The van der Waals surface area contributed by atoms with Gasteiger partial charge in [-0.25, -0.2) is 9.80 Å². The molecule has 121 heavy (non-hydrogen) atoms. The maximum Gasteiger partial charge on any atom is 2.00 e. The summed E-state index contributed by atoms with van der Waals surface area (Å²) >= 11 is 0. The van der Waals surface area contributed by atoms with Crippen LogP contribution < -0.4 is 19.6 Å². The molecule has 22 rings (SSSR count). The summed E-state index contributed by atoms with van der Waals surface area (Å²) in [4.78, 5) is 118. The van der Waals surface area contributed by atoms with Gasteiger partial charge in [-0.05, 0) is 228 Å². The number of benzene rings is 6. The van der Waals surface area contributed by atoms with Gasteiger partial charge in [0.1, 0.15) is 0 Å². The largest absolute Gasteiger partial charge is 2.00 e. The minimum Gasteiger partial charge on any atom is -0.349 e. The Hall–Kier alpha value is -15.2. The molecule has 16 heterocycles. The van der Waals surface area contributed by atoms with Crippen molar-refractivity contribution in [3.8, 4) is 90.6 Å². The number of hydrogen-bond acceptors (Lipinski definition) is 18. The summed E-state index contributed by atoms with van der Waals surface area (Å²) in [7, 11) is 0. The Labute approximate surface area is 721 Å². The van der Waals surface area contributed by atoms with Crippen molar-refractivity contribution < 1.29 is 58.1 Å². The van der Waals surface area contributed by atoms with Crippen LogP contribution in [0.25, 0.3) is 112 Å². The molecule has 0 atom stereocenters. The standard InChI is InChI=1S/C59H36N8O4.4C10H8N2.2Ru/c68-56-44-15-7-13-42-52(44)46(58(70)66(56)40-11-5-9-34(25-40)36-19-23-62-50(29-36)48-17-1-3-21-60-48)27-38-31-64-33-65(54(38)42)32-39-28-47-53-43(55(39)64)14-8-16-45(53)57(69)67(59(47)71)41-12-6-10-35(26-41)37-20-24-63-51(30-37)49-18-2-4-22-61-49;4*1-3-7-11-9(5-1)10-6-2-4-8-12-10;;/h1-30H,31-33H2;4*1-8H;;/q;;;;;2*+2. The fraction of sp³-hybridized carbons (Fsp3) is 0.0303. The zero-order valence-corrected chi connectivity index (χ0v) is 67.9. The molecular weight excluding hydrogens is 1680 g/mol. The Kier molecular flexibility index (Phi) is 24.0. The van der Waals surface area contributed by atoms with Gasteiger partial charge in [0, 0.05) is 131 Å². The van der Waals surface area contributed by atoms with Gasteiger partial charge in [0.15, 0.2) is 0 Å². The molecule has 4 aliphatic heterocycles. The van der Waals surface area contributed by atoms with E-state index in [4.69, 9.17) is 0 Å². The van der Waals surface area contributed by atoms with Crippen LogP contribution in [0.15, 0.2) is 378 Å². The number of rotatable bonds is 10. The molecule has 18 aromatic rings. The van der Waals surface area contributed by atoms with E-state index in [0.29, 0.717) is 75.5 Å².